The molecule has 0 N–H and O–H groups in total. The Morgan fingerprint density at radius 1 is 1.30 bits per heavy atom. The Balaban J connectivity index is 2.41. The molecule has 0 spiro atoms. The van der Waals surface area contributed by atoms with Crippen LogP contribution in [0.25, 0.3) is 5.69 Å². The third-order valence-electron chi connectivity index (χ3n) is 3.49. The smallest absolute Gasteiger partial charge is 0.323 e. The average Bonchev–Trinajstić information content (AvgIpc) is 2.90. The van der Waals surface area contributed by atoms with Crippen molar-refractivity contribution in [2.45, 2.75) is 27.2 Å². The van der Waals surface area contributed by atoms with Crippen LogP contribution < -0.4 is 4.80 Å². The van der Waals surface area contributed by atoms with E-state index in [0.717, 1.165) is 16.1 Å². The zero-order valence-corrected chi connectivity index (χ0v) is 14.4. The van der Waals surface area contributed by atoms with Crippen LogP contribution in [-0.4, -0.2) is 28.6 Å². The molecule has 23 heavy (non-hydrogen) atoms. The number of nitriles is 1. The van der Waals surface area contributed by atoms with E-state index < -0.39 is 0 Å². The first-order valence-electron chi connectivity index (χ1n) is 7.58. The summed E-state index contributed by atoms with van der Waals surface area (Å²) in [6.45, 7) is 7.17. The highest BCUT2D eigenvalue weighted by Crippen LogP contribution is 2.12. The van der Waals surface area contributed by atoms with Gasteiger partial charge in [-0.05, 0) is 38.5 Å². The molecular weight excluding hydrogens is 308 g/mol. The molecule has 0 radical (unpaired) electrons. The number of hydrogen-bond acceptors (Lipinski definition) is 3. The SMILES string of the molecule is CCN(CC)C(=O)N=c1sc(C)cn1-c1ccc(CC#N)cc1. The molecule has 0 atom stereocenters. The van der Waals surface area contributed by atoms with Crippen molar-refractivity contribution in [3.05, 3.63) is 45.7 Å². The maximum Gasteiger partial charge on any atom is 0.346 e. The van der Waals surface area contributed by atoms with Crippen LogP contribution in [-0.2, 0) is 6.42 Å². The van der Waals surface area contributed by atoms with Crippen molar-refractivity contribution in [1.82, 2.24) is 9.47 Å². The van der Waals surface area contributed by atoms with Crippen LogP contribution in [0, 0.1) is 18.3 Å². The van der Waals surface area contributed by atoms with E-state index in [1.165, 1.54) is 11.3 Å². The molecule has 0 saturated carbocycles. The van der Waals surface area contributed by atoms with Gasteiger partial charge in [-0.15, -0.1) is 11.3 Å². The van der Waals surface area contributed by atoms with Gasteiger partial charge >= 0.3 is 6.03 Å². The van der Waals surface area contributed by atoms with Gasteiger partial charge in [-0.2, -0.15) is 10.3 Å². The van der Waals surface area contributed by atoms with Gasteiger partial charge in [0.25, 0.3) is 0 Å². The number of carbonyl (C=O) groups excluding carboxylic acids is 1. The van der Waals surface area contributed by atoms with Crippen LogP contribution in [0.5, 0.6) is 0 Å². The van der Waals surface area contributed by atoms with E-state index in [-0.39, 0.29) is 6.03 Å². The molecule has 2 amide bonds. The van der Waals surface area contributed by atoms with E-state index >= 15 is 0 Å². The predicted octanol–water partition coefficient (Wildman–Crippen LogP) is 3.28. The van der Waals surface area contributed by atoms with Crippen molar-refractivity contribution < 1.29 is 4.79 Å². The quantitative estimate of drug-likeness (QED) is 0.864. The van der Waals surface area contributed by atoms with Crippen LogP contribution in [0.2, 0.25) is 0 Å². The predicted molar refractivity (Wildman–Crippen MR) is 91.6 cm³/mol. The van der Waals surface area contributed by atoms with Gasteiger partial charge < -0.3 is 4.90 Å². The Labute approximate surface area is 140 Å². The summed E-state index contributed by atoms with van der Waals surface area (Å²) in [5, 5.41) is 8.74. The highest BCUT2D eigenvalue weighted by atomic mass is 32.1. The van der Waals surface area contributed by atoms with Gasteiger partial charge in [0, 0.05) is 29.9 Å². The summed E-state index contributed by atoms with van der Waals surface area (Å²) in [5.74, 6) is 0. The minimum Gasteiger partial charge on any atom is -0.323 e. The molecule has 1 aromatic carbocycles. The summed E-state index contributed by atoms with van der Waals surface area (Å²) >= 11 is 1.49. The number of hydrogen-bond donors (Lipinski definition) is 0. The van der Waals surface area contributed by atoms with Gasteiger partial charge in [0.05, 0.1) is 12.5 Å². The van der Waals surface area contributed by atoms with Crippen LogP contribution in [0.15, 0.2) is 35.5 Å². The standard InChI is InChI=1S/C17H20N4OS/c1-4-20(5-2)16(22)19-17-21(12-13(3)23-17)15-8-6-14(7-9-15)10-11-18/h6-9,12H,4-5,10H2,1-3H3. The Bertz CT molecular complexity index is 776. The largest absolute Gasteiger partial charge is 0.346 e. The highest BCUT2D eigenvalue weighted by molar-refractivity contribution is 7.09. The number of benzene rings is 1. The van der Waals surface area contributed by atoms with Gasteiger partial charge in [-0.25, -0.2) is 4.79 Å². The average molecular weight is 328 g/mol. The minimum atomic E-state index is -0.216. The molecule has 1 heterocycles. The Hall–Kier alpha value is -2.39. The Morgan fingerprint density at radius 3 is 2.52 bits per heavy atom. The molecule has 120 valence electrons. The number of carbonyl (C=O) groups is 1. The third kappa shape index (κ3) is 4.08. The van der Waals surface area contributed by atoms with Crippen molar-refractivity contribution in [1.29, 1.82) is 5.26 Å². The van der Waals surface area contributed by atoms with Crippen molar-refractivity contribution >= 4 is 17.4 Å². The molecule has 0 aliphatic rings. The van der Waals surface area contributed by atoms with E-state index in [9.17, 15) is 4.79 Å². The second-order valence-corrected chi connectivity index (χ2v) is 6.28. The van der Waals surface area contributed by atoms with Crippen molar-refractivity contribution in [3.8, 4) is 11.8 Å². The molecule has 1 aromatic heterocycles. The summed E-state index contributed by atoms with van der Waals surface area (Å²) in [4.78, 5) is 19.9. The second-order valence-electron chi connectivity index (χ2n) is 5.06. The Kier molecular flexibility index (Phi) is 5.72. The van der Waals surface area contributed by atoms with Gasteiger partial charge in [-0.3, -0.25) is 4.57 Å². The number of thiazole rings is 1. The molecule has 2 aromatic rings. The maximum absolute atomic E-state index is 12.2. The fourth-order valence-corrected chi connectivity index (χ4v) is 3.06. The number of rotatable bonds is 4. The summed E-state index contributed by atoms with van der Waals surface area (Å²) < 4.78 is 1.91. The number of nitrogens with zero attached hydrogens (tertiary/aromatic N) is 4. The van der Waals surface area contributed by atoms with Crippen molar-refractivity contribution in [3.63, 3.8) is 0 Å². The molecule has 0 unspecified atom stereocenters. The zero-order valence-electron chi connectivity index (χ0n) is 13.6. The van der Waals surface area contributed by atoms with E-state index in [4.69, 9.17) is 5.26 Å². The highest BCUT2D eigenvalue weighted by Gasteiger charge is 2.09. The second kappa shape index (κ2) is 7.75. The molecule has 6 heteroatoms. The first-order chi connectivity index (χ1) is 11.1. The van der Waals surface area contributed by atoms with Gasteiger partial charge in [-0.1, -0.05) is 12.1 Å². The fraction of sp³-hybridized carbons (Fsp3) is 0.353. The van der Waals surface area contributed by atoms with Gasteiger partial charge in [0.2, 0.25) is 0 Å². The maximum atomic E-state index is 12.2. The van der Waals surface area contributed by atoms with Gasteiger partial charge in [0.15, 0.2) is 4.80 Å². The lowest BCUT2D eigenvalue weighted by Gasteiger charge is -2.14. The molecular formula is C17H20N4OS. The first kappa shape index (κ1) is 17.0. The summed E-state index contributed by atoms with van der Waals surface area (Å²) in [7, 11) is 0. The van der Waals surface area contributed by atoms with Gasteiger partial charge in [0.1, 0.15) is 0 Å². The third-order valence-corrected chi connectivity index (χ3v) is 4.39. The molecule has 2 rings (SSSR count). The van der Waals surface area contributed by atoms with Crippen LogP contribution in [0.1, 0.15) is 24.3 Å². The zero-order chi connectivity index (χ0) is 16.8. The monoisotopic (exact) mass is 328 g/mol. The number of urea groups is 1. The van der Waals surface area contributed by atoms with E-state index in [1.807, 2.05) is 55.8 Å². The number of aromatic nitrogens is 1. The van der Waals surface area contributed by atoms with Crippen molar-refractivity contribution in [2.75, 3.05) is 13.1 Å². The summed E-state index contributed by atoms with van der Waals surface area (Å²) in [6, 6.07) is 9.66. The topological polar surface area (TPSA) is 61.4 Å². The molecule has 0 aliphatic heterocycles. The molecule has 0 saturated heterocycles. The number of aryl methyl sites for hydroxylation is 1. The lowest BCUT2D eigenvalue weighted by Crippen LogP contribution is -2.30. The minimum absolute atomic E-state index is 0.216. The molecule has 5 nitrogen and oxygen atoms in total. The molecule has 0 fully saturated rings. The first-order valence-corrected chi connectivity index (χ1v) is 8.39. The van der Waals surface area contributed by atoms with E-state index in [2.05, 4.69) is 11.1 Å². The fourth-order valence-electron chi connectivity index (χ4n) is 2.23. The van der Waals surface area contributed by atoms with Crippen LogP contribution in [0.3, 0.4) is 0 Å². The van der Waals surface area contributed by atoms with E-state index in [1.54, 1.807) is 4.90 Å². The number of amides is 2. The molecule has 0 aliphatic carbocycles. The van der Waals surface area contributed by atoms with Crippen LogP contribution in [0.4, 0.5) is 4.79 Å². The summed E-state index contributed by atoms with van der Waals surface area (Å²) in [5.41, 5.74) is 1.91. The lowest BCUT2D eigenvalue weighted by atomic mass is 10.1. The van der Waals surface area contributed by atoms with E-state index in [0.29, 0.717) is 24.3 Å². The summed E-state index contributed by atoms with van der Waals surface area (Å²) in [6.07, 6.45) is 2.36. The normalized spacial score (nSPS) is 11.3. The Morgan fingerprint density at radius 2 is 1.96 bits per heavy atom. The lowest BCUT2D eigenvalue weighted by molar-refractivity contribution is 0.212. The van der Waals surface area contributed by atoms with Crippen molar-refractivity contribution in [2.24, 2.45) is 4.99 Å². The van der Waals surface area contributed by atoms with Crippen LogP contribution >= 0.6 is 11.3 Å². The molecule has 0 bridgehead atoms.